The lowest BCUT2D eigenvalue weighted by molar-refractivity contribution is -0.137. The molecule has 0 aromatic heterocycles. The van der Waals surface area contributed by atoms with Crippen LogP contribution in [0.4, 0.5) is 0 Å². The molecule has 16 heavy (non-hydrogen) atoms. The Morgan fingerprint density at radius 2 is 2.25 bits per heavy atom. The van der Waals surface area contributed by atoms with Crippen molar-refractivity contribution in [1.29, 1.82) is 5.26 Å². The zero-order valence-corrected chi connectivity index (χ0v) is 9.14. The lowest BCUT2D eigenvalue weighted by atomic mass is 10.0. The van der Waals surface area contributed by atoms with Crippen LogP contribution in [-0.4, -0.2) is 12.6 Å². The molecule has 3 heteroatoms. The summed E-state index contributed by atoms with van der Waals surface area (Å²) in [7, 11) is 0. The fraction of sp³-hybridized carbons (Fsp3) is 0.231. The van der Waals surface area contributed by atoms with Crippen LogP contribution in [0.5, 0.6) is 0 Å². The van der Waals surface area contributed by atoms with Gasteiger partial charge in [-0.1, -0.05) is 24.3 Å². The first-order chi connectivity index (χ1) is 7.77. The summed E-state index contributed by atoms with van der Waals surface area (Å²) in [6.07, 6.45) is 3.38. The van der Waals surface area contributed by atoms with Crippen molar-refractivity contribution in [3.8, 4) is 6.07 Å². The maximum Gasteiger partial charge on any atom is 0.330 e. The number of esters is 1. The number of hydrogen-bond acceptors (Lipinski definition) is 3. The molecule has 0 bridgehead atoms. The van der Waals surface area contributed by atoms with Gasteiger partial charge in [-0.2, -0.15) is 5.26 Å². The first-order valence-electron chi connectivity index (χ1n) is 5.07. The molecule has 0 heterocycles. The number of rotatable bonds is 4. The molecule has 0 N–H and O–H groups in total. The summed E-state index contributed by atoms with van der Waals surface area (Å²) in [6.45, 7) is 2.12. The minimum atomic E-state index is -0.366. The van der Waals surface area contributed by atoms with Gasteiger partial charge in [-0.05, 0) is 24.1 Å². The molecule has 0 fully saturated rings. The Hall–Kier alpha value is -2.08. The molecule has 3 nitrogen and oxygen atoms in total. The fourth-order valence-electron chi connectivity index (χ4n) is 1.29. The molecular formula is C13H13NO2. The van der Waals surface area contributed by atoms with Gasteiger partial charge in [0.2, 0.25) is 0 Å². The van der Waals surface area contributed by atoms with E-state index in [1.807, 2.05) is 24.3 Å². The van der Waals surface area contributed by atoms with Crippen LogP contribution in [0.25, 0.3) is 6.08 Å². The van der Waals surface area contributed by atoms with E-state index in [9.17, 15) is 4.79 Å². The van der Waals surface area contributed by atoms with Gasteiger partial charge in [0.15, 0.2) is 0 Å². The van der Waals surface area contributed by atoms with Crippen LogP contribution in [0.3, 0.4) is 0 Å². The standard InChI is InChI=1S/C13H13NO2/c1-2-16-13(15)8-7-11-5-3-4-6-12(11)9-10-14/h3-8H,2,9H2,1H3. The monoisotopic (exact) mass is 215 g/mol. The molecule has 0 aliphatic carbocycles. The second-order valence-electron chi connectivity index (χ2n) is 3.12. The van der Waals surface area contributed by atoms with E-state index < -0.39 is 0 Å². The van der Waals surface area contributed by atoms with Gasteiger partial charge in [0.25, 0.3) is 0 Å². The number of nitriles is 1. The number of hydrogen-bond donors (Lipinski definition) is 0. The molecule has 82 valence electrons. The highest BCUT2D eigenvalue weighted by Crippen LogP contribution is 2.11. The average molecular weight is 215 g/mol. The predicted octanol–water partition coefficient (Wildman–Crippen LogP) is 2.33. The SMILES string of the molecule is CCOC(=O)C=Cc1ccccc1CC#N. The van der Waals surface area contributed by atoms with Crippen LogP contribution >= 0.6 is 0 Å². The maximum absolute atomic E-state index is 11.1. The Morgan fingerprint density at radius 3 is 2.94 bits per heavy atom. The summed E-state index contributed by atoms with van der Waals surface area (Å²) in [5.41, 5.74) is 1.78. The minimum Gasteiger partial charge on any atom is -0.463 e. The molecule has 0 saturated carbocycles. The fourth-order valence-corrected chi connectivity index (χ4v) is 1.29. The molecular weight excluding hydrogens is 202 g/mol. The Bertz CT molecular complexity index is 430. The predicted molar refractivity (Wildman–Crippen MR) is 61.4 cm³/mol. The summed E-state index contributed by atoms with van der Waals surface area (Å²) in [5, 5.41) is 8.64. The topological polar surface area (TPSA) is 50.1 Å². The van der Waals surface area contributed by atoms with Crippen molar-refractivity contribution in [3.05, 3.63) is 41.5 Å². The van der Waals surface area contributed by atoms with E-state index in [2.05, 4.69) is 6.07 Å². The summed E-state index contributed by atoms with van der Waals surface area (Å²) < 4.78 is 4.77. The second kappa shape index (κ2) is 6.41. The first kappa shape index (κ1) is 12.0. The average Bonchev–Trinajstić information content (AvgIpc) is 2.29. The molecule has 0 aliphatic rings. The van der Waals surface area contributed by atoms with Crippen molar-refractivity contribution < 1.29 is 9.53 Å². The van der Waals surface area contributed by atoms with Crippen LogP contribution in [-0.2, 0) is 16.0 Å². The zero-order chi connectivity index (χ0) is 11.8. The van der Waals surface area contributed by atoms with Gasteiger partial charge in [-0.25, -0.2) is 4.79 Å². The van der Waals surface area contributed by atoms with Gasteiger partial charge < -0.3 is 4.74 Å². The van der Waals surface area contributed by atoms with E-state index in [0.29, 0.717) is 13.0 Å². The van der Waals surface area contributed by atoms with E-state index in [0.717, 1.165) is 11.1 Å². The molecule has 1 aromatic carbocycles. The normalized spacial score (nSPS) is 10.0. The highest BCUT2D eigenvalue weighted by molar-refractivity contribution is 5.87. The van der Waals surface area contributed by atoms with Crippen LogP contribution in [0.1, 0.15) is 18.1 Å². The van der Waals surface area contributed by atoms with Crippen molar-refractivity contribution in [1.82, 2.24) is 0 Å². The molecule has 0 spiro atoms. The van der Waals surface area contributed by atoms with E-state index in [1.165, 1.54) is 6.08 Å². The van der Waals surface area contributed by atoms with E-state index in [4.69, 9.17) is 10.00 Å². The Kier molecular flexibility index (Phi) is 4.81. The van der Waals surface area contributed by atoms with Crippen molar-refractivity contribution in [3.63, 3.8) is 0 Å². The third kappa shape index (κ3) is 3.58. The van der Waals surface area contributed by atoms with E-state index in [1.54, 1.807) is 13.0 Å². The summed E-state index contributed by atoms with van der Waals surface area (Å²) in [5.74, 6) is -0.366. The van der Waals surface area contributed by atoms with Crippen LogP contribution < -0.4 is 0 Å². The molecule has 0 amide bonds. The van der Waals surface area contributed by atoms with Crippen LogP contribution in [0.2, 0.25) is 0 Å². The highest BCUT2D eigenvalue weighted by atomic mass is 16.5. The largest absolute Gasteiger partial charge is 0.463 e. The summed E-state index contributed by atoms with van der Waals surface area (Å²) in [4.78, 5) is 11.1. The van der Waals surface area contributed by atoms with Gasteiger partial charge in [0.05, 0.1) is 19.1 Å². The minimum absolute atomic E-state index is 0.337. The van der Waals surface area contributed by atoms with Crippen LogP contribution in [0, 0.1) is 11.3 Å². The number of nitrogens with zero attached hydrogens (tertiary/aromatic N) is 1. The molecule has 0 unspecified atom stereocenters. The number of carbonyl (C=O) groups excluding carboxylic acids is 1. The number of benzene rings is 1. The Morgan fingerprint density at radius 1 is 1.50 bits per heavy atom. The quantitative estimate of drug-likeness (QED) is 0.572. The van der Waals surface area contributed by atoms with Crippen molar-refractivity contribution >= 4 is 12.0 Å². The maximum atomic E-state index is 11.1. The Labute approximate surface area is 95.0 Å². The molecule has 0 radical (unpaired) electrons. The van der Waals surface area contributed by atoms with Crippen LogP contribution in [0.15, 0.2) is 30.3 Å². The lowest BCUT2D eigenvalue weighted by Gasteiger charge is -2.00. The van der Waals surface area contributed by atoms with E-state index >= 15 is 0 Å². The van der Waals surface area contributed by atoms with Crippen molar-refractivity contribution in [2.24, 2.45) is 0 Å². The zero-order valence-electron chi connectivity index (χ0n) is 9.14. The Balaban J connectivity index is 2.80. The van der Waals surface area contributed by atoms with Gasteiger partial charge in [0.1, 0.15) is 0 Å². The van der Waals surface area contributed by atoms with Crippen molar-refractivity contribution in [2.45, 2.75) is 13.3 Å². The number of carbonyl (C=O) groups is 1. The molecule has 1 aromatic rings. The van der Waals surface area contributed by atoms with Gasteiger partial charge in [-0.3, -0.25) is 0 Å². The first-order valence-corrected chi connectivity index (χ1v) is 5.07. The highest BCUT2D eigenvalue weighted by Gasteiger charge is 1.99. The lowest BCUT2D eigenvalue weighted by Crippen LogP contribution is -1.98. The van der Waals surface area contributed by atoms with Gasteiger partial charge in [-0.15, -0.1) is 0 Å². The molecule has 0 atom stereocenters. The third-order valence-electron chi connectivity index (χ3n) is 2.01. The summed E-state index contributed by atoms with van der Waals surface area (Å²) in [6, 6.07) is 9.56. The second-order valence-corrected chi connectivity index (χ2v) is 3.12. The van der Waals surface area contributed by atoms with Gasteiger partial charge >= 0.3 is 5.97 Å². The number of ether oxygens (including phenoxy) is 1. The van der Waals surface area contributed by atoms with Crippen molar-refractivity contribution in [2.75, 3.05) is 6.61 Å². The summed E-state index contributed by atoms with van der Waals surface area (Å²) >= 11 is 0. The molecule has 1 rings (SSSR count). The smallest absolute Gasteiger partial charge is 0.330 e. The third-order valence-corrected chi connectivity index (χ3v) is 2.01. The van der Waals surface area contributed by atoms with Gasteiger partial charge in [0, 0.05) is 6.08 Å². The molecule has 0 aliphatic heterocycles. The van der Waals surface area contributed by atoms with E-state index in [-0.39, 0.29) is 5.97 Å². The molecule has 0 saturated heterocycles.